The van der Waals surface area contributed by atoms with Crippen LogP contribution in [0.5, 0.6) is 17.2 Å². The van der Waals surface area contributed by atoms with Crippen LogP contribution in [0.1, 0.15) is 30.5 Å². The van der Waals surface area contributed by atoms with E-state index in [0.29, 0.717) is 6.54 Å². The van der Waals surface area contributed by atoms with Gasteiger partial charge in [-0.3, -0.25) is 4.90 Å². The smallest absolute Gasteiger partial charge is 0.161 e. The first kappa shape index (κ1) is 19.5. The molecule has 5 nitrogen and oxygen atoms in total. The highest BCUT2D eigenvalue weighted by molar-refractivity contribution is 5.43. The van der Waals surface area contributed by atoms with E-state index in [0.717, 1.165) is 42.3 Å². The van der Waals surface area contributed by atoms with Gasteiger partial charge < -0.3 is 19.3 Å². The van der Waals surface area contributed by atoms with Crippen molar-refractivity contribution in [1.82, 2.24) is 4.90 Å². The topological polar surface area (TPSA) is 51.2 Å². The zero-order valence-electron chi connectivity index (χ0n) is 16.6. The van der Waals surface area contributed by atoms with E-state index in [1.54, 1.807) is 14.2 Å². The lowest BCUT2D eigenvalue weighted by molar-refractivity contribution is 0.118. The zero-order chi connectivity index (χ0) is 19.4. The number of hydrogen-bond acceptors (Lipinski definition) is 5. The molecule has 5 heteroatoms. The highest BCUT2D eigenvalue weighted by Gasteiger charge is 2.20. The molecule has 1 N–H and O–H groups in total. The van der Waals surface area contributed by atoms with Crippen LogP contribution in [0.2, 0.25) is 0 Å². The van der Waals surface area contributed by atoms with Gasteiger partial charge in [-0.1, -0.05) is 18.2 Å². The van der Waals surface area contributed by atoms with E-state index in [2.05, 4.69) is 30.0 Å². The Morgan fingerprint density at radius 3 is 2.41 bits per heavy atom. The number of nitrogens with zero attached hydrogens (tertiary/aromatic N) is 1. The van der Waals surface area contributed by atoms with Crippen LogP contribution in [0.4, 0.5) is 0 Å². The summed E-state index contributed by atoms with van der Waals surface area (Å²) in [5.41, 5.74) is 3.61. The van der Waals surface area contributed by atoms with Crippen molar-refractivity contribution in [2.45, 2.75) is 45.6 Å². The fraction of sp³-hybridized carbons (Fsp3) is 0.455. The lowest BCUT2D eigenvalue weighted by atomic mass is 10.1. The Bertz CT molecular complexity index is 775. The summed E-state index contributed by atoms with van der Waals surface area (Å²) in [7, 11) is 3.28. The SMILES string of the molecule is COc1ccc(CN(Cc2ccc3c(c2)CC(C)O3)CC(C)O)cc1OC. The van der Waals surface area contributed by atoms with Crippen LogP contribution in [0.15, 0.2) is 36.4 Å². The van der Waals surface area contributed by atoms with Crippen LogP contribution in [-0.2, 0) is 19.5 Å². The van der Waals surface area contributed by atoms with E-state index in [9.17, 15) is 5.11 Å². The molecule has 146 valence electrons. The molecular weight excluding hydrogens is 342 g/mol. The van der Waals surface area contributed by atoms with E-state index in [1.165, 1.54) is 11.1 Å². The van der Waals surface area contributed by atoms with Gasteiger partial charge in [-0.2, -0.15) is 0 Å². The first-order valence-corrected chi connectivity index (χ1v) is 9.38. The number of ether oxygens (including phenoxy) is 3. The number of aliphatic hydroxyl groups is 1. The fourth-order valence-electron chi connectivity index (χ4n) is 3.63. The molecule has 1 aliphatic heterocycles. The summed E-state index contributed by atoms with van der Waals surface area (Å²) < 4.78 is 16.5. The van der Waals surface area contributed by atoms with Crippen molar-refractivity contribution in [1.29, 1.82) is 0 Å². The summed E-state index contributed by atoms with van der Waals surface area (Å²) in [5.74, 6) is 2.43. The number of rotatable bonds is 8. The first-order chi connectivity index (χ1) is 13.0. The number of aliphatic hydroxyl groups excluding tert-OH is 1. The van der Waals surface area contributed by atoms with Crippen molar-refractivity contribution in [2.75, 3.05) is 20.8 Å². The average molecular weight is 371 g/mol. The molecule has 2 unspecified atom stereocenters. The summed E-state index contributed by atoms with van der Waals surface area (Å²) in [5, 5.41) is 9.94. The maximum absolute atomic E-state index is 9.94. The molecule has 0 radical (unpaired) electrons. The largest absolute Gasteiger partial charge is 0.493 e. The molecule has 0 amide bonds. The molecule has 2 aromatic carbocycles. The first-order valence-electron chi connectivity index (χ1n) is 9.38. The quantitative estimate of drug-likeness (QED) is 0.771. The normalized spacial score (nSPS) is 16.7. The molecule has 0 bridgehead atoms. The molecule has 1 aliphatic rings. The molecule has 0 saturated carbocycles. The number of methoxy groups -OCH3 is 2. The van der Waals surface area contributed by atoms with E-state index < -0.39 is 6.10 Å². The summed E-state index contributed by atoms with van der Waals surface area (Å²) in [4.78, 5) is 2.24. The Morgan fingerprint density at radius 1 is 1.07 bits per heavy atom. The van der Waals surface area contributed by atoms with Crippen LogP contribution in [0.3, 0.4) is 0 Å². The third kappa shape index (κ3) is 4.93. The molecule has 0 spiro atoms. The van der Waals surface area contributed by atoms with Crippen molar-refractivity contribution in [3.05, 3.63) is 53.1 Å². The number of benzene rings is 2. The van der Waals surface area contributed by atoms with Crippen molar-refractivity contribution < 1.29 is 19.3 Å². The minimum atomic E-state index is -0.400. The number of fused-ring (bicyclic) bond motifs is 1. The molecular formula is C22H29NO4. The summed E-state index contributed by atoms with van der Waals surface area (Å²) in [6.07, 6.45) is 0.799. The van der Waals surface area contributed by atoms with Crippen LogP contribution in [0, 0.1) is 0 Å². The molecule has 2 aromatic rings. The Kier molecular flexibility index (Phi) is 6.24. The average Bonchev–Trinajstić information content (AvgIpc) is 3.00. The third-order valence-corrected chi connectivity index (χ3v) is 4.74. The van der Waals surface area contributed by atoms with Gasteiger partial charge in [0.15, 0.2) is 11.5 Å². The highest BCUT2D eigenvalue weighted by atomic mass is 16.5. The van der Waals surface area contributed by atoms with Crippen LogP contribution >= 0.6 is 0 Å². The second kappa shape index (κ2) is 8.63. The molecule has 0 fully saturated rings. The van der Waals surface area contributed by atoms with Gasteiger partial charge in [0.1, 0.15) is 11.9 Å². The van der Waals surface area contributed by atoms with E-state index in [1.807, 2.05) is 25.1 Å². The van der Waals surface area contributed by atoms with Gasteiger partial charge in [0.2, 0.25) is 0 Å². The maximum Gasteiger partial charge on any atom is 0.161 e. The lowest BCUT2D eigenvalue weighted by Gasteiger charge is -2.24. The van der Waals surface area contributed by atoms with Crippen LogP contribution in [-0.4, -0.2) is 43.0 Å². The predicted molar refractivity (Wildman–Crippen MR) is 106 cm³/mol. The molecule has 0 aromatic heterocycles. The van der Waals surface area contributed by atoms with E-state index in [-0.39, 0.29) is 6.10 Å². The van der Waals surface area contributed by atoms with Crippen molar-refractivity contribution in [2.24, 2.45) is 0 Å². The van der Waals surface area contributed by atoms with Gasteiger partial charge in [-0.05, 0) is 48.7 Å². The van der Waals surface area contributed by atoms with Gasteiger partial charge in [0, 0.05) is 26.1 Å². The molecule has 3 rings (SSSR count). The Morgan fingerprint density at radius 2 is 1.74 bits per heavy atom. The second-order valence-corrected chi connectivity index (χ2v) is 7.28. The molecule has 1 heterocycles. The minimum absolute atomic E-state index is 0.246. The van der Waals surface area contributed by atoms with Gasteiger partial charge in [0.05, 0.1) is 20.3 Å². The van der Waals surface area contributed by atoms with Gasteiger partial charge in [-0.25, -0.2) is 0 Å². The monoisotopic (exact) mass is 371 g/mol. The summed E-state index contributed by atoms with van der Waals surface area (Å²) >= 11 is 0. The van der Waals surface area contributed by atoms with Gasteiger partial charge >= 0.3 is 0 Å². The minimum Gasteiger partial charge on any atom is -0.493 e. The Hall–Kier alpha value is -2.24. The molecule has 0 aliphatic carbocycles. The fourth-order valence-corrected chi connectivity index (χ4v) is 3.63. The van der Waals surface area contributed by atoms with Gasteiger partial charge in [0.25, 0.3) is 0 Å². The third-order valence-electron chi connectivity index (χ3n) is 4.74. The van der Waals surface area contributed by atoms with Crippen LogP contribution in [0.25, 0.3) is 0 Å². The zero-order valence-corrected chi connectivity index (χ0v) is 16.6. The van der Waals surface area contributed by atoms with Crippen molar-refractivity contribution in [3.8, 4) is 17.2 Å². The lowest BCUT2D eigenvalue weighted by Crippen LogP contribution is -2.30. The summed E-state index contributed by atoms with van der Waals surface area (Å²) in [6.45, 7) is 5.99. The second-order valence-electron chi connectivity index (χ2n) is 7.28. The molecule has 2 atom stereocenters. The number of hydrogen-bond donors (Lipinski definition) is 1. The van der Waals surface area contributed by atoms with E-state index >= 15 is 0 Å². The van der Waals surface area contributed by atoms with Gasteiger partial charge in [-0.15, -0.1) is 0 Å². The standard InChI is InChI=1S/C22H29NO4/c1-15(24)12-23(14-18-6-8-21(25-3)22(11-18)26-4)13-17-5-7-20-19(10-17)9-16(2)27-20/h5-8,10-11,15-16,24H,9,12-14H2,1-4H3. The maximum atomic E-state index is 9.94. The summed E-state index contributed by atoms with van der Waals surface area (Å²) in [6, 6.07) is 12.3. The van der Waals surface area contributed by atoms with Crippen molar-refractivity contribution in [3.63, 3.8) is 0 Å². The van der Waals surface area contributed by atoms with Crippen molar-refractivity contribution >= 4 is 0 Å². The predicted octanol–water partition coefficient (Wildman–Crippen LogP) is 3.41. The Labute approximate surface area is 161 Å². The van der Waals surface area contributed by atoms with Crippen LogP contribution < -0.4 is 14.2 Å². The molecule has 0 saturated heterocycles. The van der Waals surface area contributed by atoms with E-state index in [4.69, 9.17) is 14.2 Å². The highest BCUT2D eigenvalue weighted by Crippen LogP contribution is 2.31. The molecule has 27 heavy (non-hydrogen) atoms. The Balaban J connectivity index is 1.76.